The van der Waals surface area contributed by atoms with Crippen molar-refractivity contribution in [3.05, 3.63) is 35.9 Å². The number of likely N-dealkylation sites (tertiary alicyclic amines) is 1. The lowest BCUT2D eigenvalue weighted by Gasteiger charge is -2.36. The van der Waals surface area contributed by atoms with Crippen molar-refractivity contribution in [2.45, 2.75) is 19.0 Å². The third-order valence-electron chi connectivity index (χ3n) is 3.36. The van der Waals surface area contributed by atoms with Gasteiger partial charge in [-0.05, 0) is 30.2 Å². The Morgan fingerprint density at radius 3 is 2.75 bits per heavy atom. The minimum absolute atomic E-state index is 0.338. The van der Waals surface area contributed by atoms with Gasteiger partial charge in [0.2, 0.25) is 0 Å². The standard InChI is InChI=1S/C13H20N2S/c14-13-6-7-15(9-12(13)10-16)8-11-4-2-1-3-5-11/h1-5,12-13,16H,6-10,14H2. The second kappa shape index (κ2) is 5.71. The van der Waals surface area contributed by atoms with Gasteiger partial charge in [0.15, 0.2) is 0 Å². The van der Waals surface area contributed by atoms with Gasteiger partial charge in [-0.3, -0.25) is 4.90 Å². The molecule has 1 fully saturated rings. The van der Waals surface area contributed by atoms with Crippen LogP contribution in [-0.2, 0) is 6.54 Å². The lowest BCUT2D eigenvalue weighted by molar-refractivity contribution is 0.160. The minimum atomic E-state index is 0.338. The van der Waals surface area contributed by atoms with Crippen molar-refractivity contribution in [1.29, 1.82) is 0 Å². The summed E-state index contributed by atoms with van der Waals surface area (Å²) < 4.78 is 0. The van der Waals surface area contributed by atoms with Gasteiger partial charge >= 0.3 is 0 Å². The Balaban J connectivity index is 1.92. The van der Waals surface area contributed by atoms with E-state index in [2.05, 4.69) is 47.9 Å². The molecule has 1 aliphatic heterocycles. The molecular weight excluding hydrogens is 216 g/mol. The molecule has 2 N–H and O–H groups in total. The van der Waals surface area contributed by atoms with Crippen LogP contribution in [0.25, 0.3) is 0 Å². The van der Waals surface area contributed by atoms with Gasteiger partial charge in [0.1, 0.15) is 0 Å². The van der Waals surface area contributed by atoms with E-state index in [1.807, 2.05) is 0 Å². The number of hydrogen-bond acceptors (Lipinski definition) is 3. The molecule has 1 aromatic carbocycles. The van der Waals surface area contributed by atoms with E-state index in [0.29, 0.717) is 12.0 Å². The fraction of sp³-hybridized carbons (Fsp3) is 0.538. The first-order valence-corrected chi connectivity index (χ1v) is 6.55. The molecule has 2 atom stereocenters. The number of nitrogens with zero attached hydrogens (tertiary/aromatic N) is 1. The Morgan fingerprint density at radius 2 is 2.06 bits per heavy atom. The molecular formula is C13H20N2S. The maximum atomic E-state index is 6.07. The van der Waals surface area contributed by atoms with Crippen molar-refractivity contribution < 1.29 is 0 Å². The molecule has 2 unspecified atom stereocenters. The van der Waals surface area contributed by atoms with E-state index in [1.165, 1.54) is 5.56 Å². The van der Waals surface area contributed by atoms with E-state index in [9.17, 15) is 0 Å². The van der Waals surface area contributed by atoms with E-state index < -0.39 is 0 Å². The normalized spacial score (nSPS) is 26.9. The topological polar surface area (TPSA) is 29.3 Å². The average molecular weight is 236 g/mol. The van der Waals surface area contributed by atoms with Crippen LogP contribution in [0.3, 0.4) is 0 Å². The van der Waals surface area contributed by atoms with E-state index >= 15 is 0 Å². The summed E-state index contributed by atoms with van der Waals surface area (Å²) in [6.45, 7) is 3.23. The first-order valence-electron chi connectivity index (χ1n) is 5.92. The van der Waals surface area contributed by atoms with Gasteiger partial charge < -0.3 is 5.73 Å². The summed E-state index contributed by atoms with van der Waals surface area (Å²) in [5.41, 5.74) is 7.45. The largest absolute Gasteiger partial charge is 0.327 e. The van der Waals surface area contributed by atoms with Gasteiger partial charge in [-0.15, -0.1) is 0 Å². The Labute approximate surface area is 103 Å². The van der Waals surface area contributed by atoms with Gasteiger partial charge in [0.05, 0.1) is 0 Å². The molecule has 0 radical (unpaired) electrons. The number of piperidine rings is 1. The molecule has 1 aromatic rings. The minimum Gasteiger partial charge on any atom is -0.327 e. The first kappa shape index (κ1) is 12.0. The van der Waals surface area contributed by atoms with Gasteiger partial charge in [-0.2, -0.15) is 12.6 Å². The summed E-state index contributed by atoms with van der Waals surface area (Å²) in [6.07, 6.45) is 1.10. The summed E-state index contributed by atoms with van der Waals surface area (Å²) in [5, 5.41) is 0. The molecule has 0 saturated carbocycles. The number of hydrogen-bond donors (Lipinski definition) is 2. The van der Waals surface area contributed by atoms with E-state index in [-0.39, 0.29) is 0 Å². The van der Waals surface area contributed by atoms with Crippen LogP contribution < -0.4 is 5.73 Å². The van der Waals surface area contributed by atoms with Gasteiger partial charge in [-0.25, -0.2) is 0 Å². The van der Waals surface area contributed by atoms with Crippen LogP contribution >= 0.6 is 12.6 Å². The molecule has 2 rings (SSSR count). The lowest BCUT2D eigenvalue weighted by Crippen LogP contribution is -2.47. The predicted octanol–water partition coefficient (Wildman–Crippen LogP) is 1.77. The van der Waals surface area contributed by atoms with E-state index in [0.717, 1.165) is 31.8 Å². The van der Waals surface area contributed by atoms with Gasteiger partial charge in [0.25, 0.3) is 0 Å². The van der Waals surface area contributed by atoms with Crippen molar-refractivity contribution in [2.24, 2.45) is 11.7 Å². The number of rotatable bonds is 3. The van der Waals surface area contributed by atoms with Crippen molar-refractivity contribution in [3.63, 3.8) is 0 Å². The SMILES string of the molecule is NC1CCN(Cc2ccccc2)CC1CS. The molecule has 0 aromatic heterocycles. The highest BCUT2D eigenvalue weighted by molar-refractivity contribution is 7.80. The molecule has 1 saturated heterocycles. The van der Waals surface area contributed by atoms with Crippen molar-refractivity contribution in [1.82, 2.24) is 4.90 Å². The Morgan fingerprint density at radius 1 is 1.31 bits per heavy atom. The second-order valence-electron chi connectivity index (χ2n) is 4.62. The molecule has 3 heteroatoms. The Bertz CT molecular complexity index is 315. The zero-order valence-corrected chi connectivity index (χ0v) is 10.4. The zero-order chi connectivity index (χ0) is 11.4. The average Bonchev–Trinajstić information content (AvgIpc) is 2.33. The van der Waals surface area contributed by atoms with E-state index in [4.69, 9.17) is 5.73 Å². The second-order valence-corrected chi connectivity index (χ2v) is 4.98. The summed E-state index contributed by atoms with van der Waals surface area (Å²) in [5.74, 6) is 1.44. The predicted molar refractivity (Wildman–Crippen MR) is 71.7 cm³/mol. The first-order chi connectivity index (χ1) is 7.79. The van der Waals surface area contributed by atoms with Crippen LogP contribution in [-0.4, -0.2) is 29.8 Å². The summed E-state index contributed by atoms with van der Waals surface area (Å²) >= 11 is 4.38. The van der Waals surface area contributed by atoms with Crippen molar-refractivity contribution in [3.8, 4) is 0 Å². The molecule has 0 spiro atoms. The van der Waals surface area contributed by atoms with Crippen LogP contribution in [0, 0.1) is 5.92 Å². The third-order valence-corrected chi connectivity index (χ3v) is 3.83. The van der Waals surface area contributed by atoms with Crippen molar-refractivity contribution in [2.75, 3.05) is 18.8 Å². The van der Waals surface area contributed by atoms with Gasteiger partial charge in [0, 0.05) is 19.1 Å². The fourth-order valence-electron chi connectivity index (χ4n) is 2.30. The lowest BCUT2D eigenvalue weighted by atomic mass is 9.94. The molecule has 0 bridgehead atoms. The Kier molecular flexibility index (Phi) is 4.27. The fourth-order valence-corrected chi connectivity index (χ4v) is 2.69. The summed E-state index contributed by atoms with van der Waals surface area (Å²) in [7, 11) is 0. The third kappa shape index (κ3) is 3.00. The smallest absolute Gasteiger partial charge is 0.0233 e. The molecule has 0 amide bonds. The van der Waals surface area contributed by atoms with Crippen LogP contribution in [0.2, 0.25) is 0 Å². The number of thiol groups is 1. The number of benzene rings is 1. The maximum absolute atomic E-state index is 6.07. The van der Waals surface area contributed by atoms with Crippen molar-refractivity contribution >= 4 is 12.6 Å². The molecule has 16 heavy (non-hydrogen) atoms. The van der Waals surface area contributed by atoms with Gasteiger partial charge in [-0.1, -0.05) is 30.3 Å². The Hall–Kier alpha value is -0.510. The highest BCUT2D eigenvalue weighted by Gasteiger charge is 2.25. The molecule has 0 aliphatic carbocycles. The van der Waals surface area contributed by atoms with E-state index in [1.54, 1.807) is 0 Å². The maximum Gasteiger partial charge on any atom is 0.0233 e. The molecule has 1 heterocycles. The van der Waals surface area contributed by atoms with Crippen LogP contribution in [0.1, 0.15) is 12.0 Å². The zero-order valence-electron chi connectivity index (χ0n) is 9.55. The highest BCUT2D eigenvalue weighted by Crippen LogP contribution is 2.18. The molecule has 88 valence electrons. The molecule has 1 aliphatic rings. The highest BCUT2D eigenvalue weighted by atomic mass is 32.1. The van der Waals surface area contributed by atoms with Crippen LogP contribution in [0.4, 0.5) is 0 Å². The monoisotopic (exact) mass is 236 g/mol. The summed E-state index contributed by atoms with van der Waals surface area (Å²) in [4.78, 5) is 2.49. The van der Waals surface area contributed by atoms with Crippen LogP contribution in [0.15, 0.2) is 30.3 Å². The quantitative estimate of drug-likeness (QED) is 0.783. The summed E-state index contributed by atoms with van der Waals surface area (Å²) in [6, 6.07) is 11.0. The number of nitrogens with two attached hydrogens (primary N) is 1. The molecule has 2 nitrogen and oxygen atoms in total. The van der Waals surface area contributed by atoms with Crippen LogP contribution in [0.5, 0.6) is 0 Å².